The minimum atomic E-state index is -1.17. The molecule has 2 unspecified atom stereocenters. The molecule has 386 valence electrons. The van der Waals surface area contributed by atoms with E-state index >= 15 is 0 Å². The molecule has 8 atom stereocenters. The summed E-state index contributed by atoms with van der Waals surface area (Å²) in [5, 5.41) is 41.2. The molecule has 2 aliphatic rings. The van der Waals surface area contributed by atoms with Gasteiger partial charge in [0.2, 0.25) is 59.1 Å². The van der Waals surface area contributed by atoms with Crippen LogP contribution >= 0.6 is 0 Å². The van der Waals surface area contributed by atoms with E-state index in [2.05, 4.69) is 47.9 Å². The molecule has 70 heavy (non-hydrogen) atoms. The Kier molecular flexibility index (Phi) is 21.7. The van der Waals surface area contributed by atoms with Gasteiger partial charge in [0.05, 0.1) is 19.5 Å². The van der Waals surface area contributed by atoms with Gasteiger partial charge in [0, 0.05) is 37.3 Å². The number of carbonyl (C=O) groups is 12. The van der Waals surface area contributed by atoms with E-state index in [0.717, 1.165) is 0 Å². The van der Waals surface area contributed by atoms with Crippen LogP contribution in [0.3, 0.4) is 0 Å². The summed E-state index contributed by atoms with van der Waals surface area (Å²) in [6.45, 7) is 12.7. The van der Waals surface area contributed by atoms with Crippen LogP contribution in [0.2, 0.25) is 0 Å². The van der Waals surface area contributed by atoms with Gasteiger partial charge in [0.1, 0.15) is 48.3 Å². The number of aliphatic carboxylic acids is 2. The molecular formula is C45H67N11O14. The van der Waals surface area contributed by atoms with E-state index in [1.807, 2.05) is 0 Å². The Hall–Kier alpha value is -7.18. The van der Waals surface area contributed by atoms with Crippen LogP contribution in [0.5, 0.6) is 0 Å². The lowest BCUT2D eigenvalue weighted by atomic mass is 10.0. The zero-order valence-electron chi connectivity index (χ0n) is 40.6. The van der Waals surface area contributed by atoms with Gasteiger partial charge in [-0.15, -0.1) is 0 Å². The van der Waals surface area contributed by atoms with Crippen molar-refractivity contribution in [3.05, 3.63) is 24.3 Å². The van der Waals surface area contributed by atoms with Crippen LogP contribution in [-0.2, 0) is 57.5 Å². The first-order valence-electron chi connectivity index (χ1n) is 23.1. The molecule has 2 aliphatic heterocycles. The smallest absolute Gasteiger partial charge is 0.303 e. The Morgan fingerprint density at radius 1 is 0.529 bits per heavy atom. The highest BCUT2D eigenvalue weighted by Gasteiger charge is 2.40. The molecule has 10 amide bonds. The van der Waals surface area contributed by atoms with Gasteiger partial charge in [-0.2, -0.15) is 0 Å². The summed E-state index contributed by atoms with van der Waals surface area (Å²) in [5.41, 5.74) is 0.643. The molecule has 0 aliphatic carbocycles. The first-order chi connectivity index (χ1) is 32.8. The second-order valence-corrected chi connectivity index (χ2v) is 18.0. The number of amides is 10. The topological polar surface area (TPSA) is 360 Å². The second-order valence-electron chi connectivity index (χ2n) is 18.0. The Morgan fingerprint density at radius 2 is 0.929 bits per heavy atom. The van der Waals surface area contributed by atoms with E-state index in [0.29, 0.717) is 24.2 Å². The normalized spacial score (nSPS) is 18.0. The highest BCUT2D eigenvalue weighted by molar-refractivity contribution is 6.01. The Balaban J connectivity index is 1.56. The highest BCUT2D eigenvalue weighted by atomic mass is 16.4. The van der Waals surface area contributed by atoms with Gasteiger partial charge >= 0.3 is 11.9 Å². The van der Waals surface area contributed by atoms with Gasteiger partial charge in [-0.25, -0.2) is 0 Å². The standard InChI is InChI=1S/C45H67N11O14/c1-22(2)36(53-40(65)30-10-9-19-55(30)44(69)26(7)49-38(63)24(5)47-32(57)15-17-34(59)60)42(67)51-28-11-13-29(14-12-28)52-43(68)37(23(3)4)54-41(66)31-20-46-21-56(31)45(70)27(8)50-39(64)25(6)48-33(58)16-18-35(61)62/h11-14,22-27,30-31,36-37,46H,9-10,15-21H2,1-8H3,(H,47,57)(H,48,58)(H,49,63)(H,50,64)(H,51,67)(H,52,68)(H,53,65)(H,54,66)(H,59,60)(H,61,62)/t24-,25-,26-,27-,30?,31?,36-,37-/m0/s1. The number of anilines is 2. The summed E-state index contributed by atoms with van der Waals surface area (Å²) in [4.78, 5) is 154. The van der Waals surface area contributed by atoms with Crippen molar-refractivity contribution < 1.29 is 67.7 Å². The first-order valence-corrected chi connectivity index (χ1v) is 23.1. The van der Waals surface area contributed by atoms with Gasteiger partial charge in [-0.05, 0) is 76.6 Å². The van der Waals surface area contributed by atoms with E-state index in [1.54, 1.807) is 27.7 Å². The molecule has 0 saturated carbocycles. The Morgan fingerprint density at radius 3 is 1.33 bits per heavy atom. The van der Waals surface area contributed by atoms with E-state index in [9.17, 15) is 57.5 Å². The van der Waals surface area contributed by atoms with Gasteiger partial charge in [0.25, 0.3) is 0 Å². The number of nitrogens with one attached hydrogen (secondary N) is 9. The summed E-state index contributed by atoms with van der Waals surface area (Å²) < 4.78 is 0. The van der Waals surface area contributed by atoms with Gasteiger partial charge < -0.3 is 62.5 Å². The van der Waals surface area contributed by atoms with E-state index in [4.69, 9.17) is 10.2 Å². The monoisotopic (exact) mass is 985 g/mol. The number of benzene rings is 1. The van der Waals surface area contributed by atoms with Crippen molar-refractivity contribution in [2.45, 2.75) is 142 Å². The third-order valence-corrected chi connectivity index (χ3v) is 11.5. The lowest BCUT2D eigenvalue weighted by Gasteiger charge is -2.30. The van der Waals surface area contributed by atoms with Crippen LogP contribution in [0, 0.1) is 11.8 Å². The van der Waals surface area contributed by atoms with Crippen LogP contribution < -0.4 is 47.9 Å². The molecule has 0 radical (unpaired) electrons. The van der Waals surface area contributed by atoms with Crippen molar-refractivity contribution in [3.63, 3.8) is 0 Å². The van der Waals surface area contributed by atoms with Crippen LogP contribution in [0.1, 0.15) is 93.9 Å². The lowest BCUT2D eigenvalue weighted by molar-refractivity contribution is -0.142. The number of carboxylic acid groups (broad SMARTS) is 2. The molecule has 2 fully saturated rings. The molecule has 2 heterocycles. The molecule has 2 saturated heterocycles. The summed E-state index contributed by atoms with van der Waals surface area (Å²) in [6.07, 6.45) is -0.708. The summed E-state index contributed by atoms with van der Waals surface area (Å²) in [7, 11) is 0. The SMILES string of the molecule is CC(C)[C@H](NC(=O)C1CCCN1C(=O)[C@H](C)NC(=O)[C@H](C)NC(=O)CCC(=O)O)C(=O)Nc1ccc(NC(=O)[C@@H](NC(=O)C2CNCN2C(=O)[C@H](C)NC(=O)[C@H](C)NC(=O)CCC(=O)O)C(C)C)cc1. The largest absolute Gasteiger partial charge is 0.481 e. The molecule has 0 aromatic heterocycles. The summed E-state index contributed by atoms with van der Waals surface area (Å²) in [5.74, 6) is -9.35. The highest BCUT2D eigenvalue weighted by Crippen LogP contribution is 2.21. The predicted octanol–water partition coefficient (Wildman–Crippen LogP) is -1.66. The maximum absolute atomic E-state index is 13.6. The van der Waals surface area contributed by atoms with Crippen molar-refractivity contribution in [2.75, 3.05) is 30.4 Å². The average molecular weight is 986 g/mol. The zero-order valence-corrected chi connectivity index (χ0v) is 40.6. The fourth-order valence-corrected chi connectivity index (χ4v) is 7.45. The fourth-order valence-electron chi connectivity index (χ4n) is 7.45. The van der Waals surface area contributed by atoms with Crippen LogP contribution in [0.25, 0.3) is 0 Å². The molecular weight excluding hydrogens is 919 g/mol. The molecule has 25 nitrogen and oxygen atoms in total. The minimum Gasteiger partial charge on any atom is -0.481 e. The predicted molar refractivity (Wildman–Crippen MR) is 250 cm³/mol. The average Bonchev–Trinajstić information content (AvgIpc) is 3.99. The summed E-state index contributed by atoms with van der Waals surface area (Å²) >= 11 is 0. The third kappa shape index (κ3) is 17.1. The van der Waals surface area contributed by atoms with E-state index < -0.39 is 144 Å². The molecule has 3 rings (SSSR count). The first kappa shape index (κ1) is 57.1. The lowest BCUT2D eigenvalue weighted by Crippen LogP contribution is -2.57. The van der Waals surface area contributed by atoms with Crippen LogP contribution in [0.4, 0.5) is 11.4 Å². The summed E-state index contributed by atoms with van der Waals surface area (Å²) in [6, 6.07) is -2.34. The van der Waals surface area contributed by atoms with E-state index in [-0.39, 0.29) is 32.6 Å². The van der Waals surface area contributed by atoms with Gasteiger partial charge in [0.15, 0.2) is 0 Å². The second kappa shape index (κ2) is 26.5. The fraction of sp³-hybridized carbons (Fsp3) is 0.600. The zero-order chi connectivity index (χ0) is 52.6. The van der Waals surface area contributed by atoms with Crippen LogP contribution in [-0.4, -0.2) is 159 Å². The van der Waals surface area contributed by atoms with Crippen molar-refractivity contribution >= 4 is 82.4 Å². The van der Waals surface area contributed by atoms with Crippen molar-refractivity contribution in [2.24, 2.45) is 11.8 Å². The number of hydrogen-bond donors (Lipinski definition) is 11. The maximum Gasteiger partial charge on any atom is 0.303 e. The van der Waals surface area contributed by atoms with E-state index in [1.165, 1.54) is 61.8 Å². The number of hydrogen-bond acceptors (Lipinski definition) is 13. The molecule has 11 N–H and O–H groups in total. The number of rotatable bonds is 24. The quantitative estimate of drug-likeness (QED) is 0.0553. The van der Waals surface area contributed by atoms with Gasteiger partial charge in [-0.1, -0.05) is 27.7 Å². The number of carbonyl (C=O) groups excluding carboxylic acids is 10. The molecule has 25 heteroatoms. The maximum atomic E-state index is 13.6. The van der Waals surface area contributed by atoms with Crippen molar-refractivity contribution in [1.82, 2.24) is 47.0 Å². The Bertz CT molecular complexity index is 1990. The Labute approximate surface area is 405 Å². The van der Waals surface area contributed by atoms with Gasteiger partial charge in [-0.3, -0.25) is 62.9 Å². The minimum absolute atomic E-state index is 0.0294. The van der Waals surface area contributed by atoms with Crippen molar-refractivity contribution in [3.8, 4) is 0 Å². The third-order valence-electron chi connectivity index (χ3n) is 11.5. The number of carboxylic acids is 2. The molecule has 1 aromatic rings. The molecule has 0 bridgehead atoms. The molecule has 0 spiro atoms. The van der Waals surface area contributed by atoms with Crippen molar-refractivity contribution in [1.29, 1.82) is 0 Å². The number of nitrogens with zero attached hydrogens (tertiary/aromatic N) is 2. The number of likely N-dealkylation sites (tertiary alicyclic amines) is 1. The van der Waals surface area contributed by atoms with Crippen LogP contribution in [0.15, 0.2) is 24.3 Å². The molecule has 1 aromatic carbocycles.